The molecule has 0 unspecified atom stereocenters. The Morgan fingerprint density at radius 3 is 1.94 bits per heavy atom. The van der Waals surface area contributed by atoms with E-state index in [0.29, 0.717) is 0 Å². The fraction of sp³-hybridized carbons (Fsp3) is 0. The lowest BCUT2D eigenvalue weighted by Gasteiger charge is -2.26. The van der Waals surface area contributed by atoms with Crippen LogP contribution in [0.5, 0.6) is 0 Å². The predicted octanol–water partition coefficient (Wildman–Crippen LogP) is 15.0. The normalized spacial score (nSPS) is 11.7. The highest BCUT2D eigenvalue weighted by atomic mass is 32.1. The monoisotopic (exact) mass is 726 g/mol. The second kappa shape index (κ2) is 12.6. The van der Waals surface area contributed by atoms with Crippen molar-refractivity contribution in [1.82, 2.24) is 4.98 Å². The Labute approximate surface area is 319 Å². The van der Waals surface area contributed by atoms with E-state index in [0.717, 1.165) is 66.2 Å². The van der Waals surface area contributed by atoms with Gasteiger partial charge in [-0.1, -0.05) is 115 Å². The molecule has 11 aromatic rings. The zero-order valence-corrected chi connectivity index (χ0v) is 30.6. The quantitative estimate of drug-likeness (QED) is 0.171. The summed E-state index contributed by atoms with van der Waals surface area (Å²) in [5, 5.41) is 5.84. The summed E-state index contributed by atoms with van der Waals surface area (Å²) in [7, 11) is 0. The van der Waals surface area contributed by atoms with Crippen molar-refractivity contribution in [2.24, 2.45) is 0 Å². The second-order valence-corrected chi connectivity index (χ2v) is 15.6. The summed E-state index contributed by atoms with van der Waals surface area (Å²) in [5.41, 5.74) is 11.9. The van der Waals surface area contributed by atoms with Crippen LogP contribution >= 0.6 is 22.7 Å². The van der Waals surface area contributed by atoms with Gasteiger partial charge in [-0.05, 0) is 89.0 Å². The Hall–Kier alpha value is -6.53. The molecular weight excluding hydrogens is 697 g/mol. The number of hydrogen-bond donors (Lipinski definition) is 0. The largest absolute Gasteiger partial charge is 0.456 e. The molecule has 5 heteroatoms. The van der Waals surface area contributed by atoms with Crippen LogP contribution in [-0.2, 0) is 0 Å². The first-order valence-electron chi connectivity index (χ1n) is 18.0. The van der Waals surface area contributed by atoms with Crippen LogP contribution in [0.2, 0.25) is 0 Å². The highest BCUT2D eigenvalue weighted by Crippen LogP contribution is 2.46. The number of benzene rings is 8. The molecule has 0 amide bonds. The van der Waals surface area contributed by atoms with Gasteiger partial charge in [-0.15, -0.1) is 22.7 Å². The number of fused-ring (bicyclic) bond motifs is 8. The lowest BCUT2D eigenvalue weighted by molar-refractivity contribution is 0.669. The highest BCUT2D eigenvalue weighted by Gasteiger charge is 2.19. The van der Waals surface area contributed by atoms with Gasteiger partial charge >= 0.3 is 0 Å². The molecule has 0 aliphatic carbocycles. The molecule has 0 aliphatic rings. The van der Waals surface area contributed by atoms with E-state index in [2.05, 4.69) is 175 Å². The average molecular weight is 727 g/mol. The van der Waals surface area contributed by atoms with Crippen molar-refractivity contribution in [2.45, 2.75) is 0 Å². The molecule has 0 saturated heterocycles. The van der Waals surface area contributed by atoms with Gasteiger partial charge in [0.15, 0.2) is 0 Å². The smallest absolute Gasteiger partial charge is 0.136 e. The van der Waals surface area contributed by atoms with Gasteiger partial charge in [-0.3, -0.25) is 0 Å². The van der Waals surface area contributed by atoms with Gasteiger partial charge in [0, 0.05) is 53.6 Å². The van der Waals surface area contributed by atoms with Crippen LogP contribution in [-0.4, -0.2) is 4.98 Å². The Bertz CT molecular complexity index is 3160. The fourth-order valence-corrected chi connectivity index (χ4v) is 10.1. The minimum Gasteiger partial charge on any atom is -0.456 e. The maximum atomic E-state index is 6.29. The molecule has 8 aromatic carbocycles. The number of rotatable bonds is 6. The van der Waals surface area contributed by atoms with Gasteiger partial charge in [-0.25, -0.2) is 4.98 Å². The number of thiophene rings is 1. The van der Waals surface area contributed by atoms with Crippen molar-refractivity contribution < 1.29 is 4.42 Å². The molecule has 3 aromatic heterocycles. The van der Waals surface area contributed by atoms with Gasteiger partial charge in [-0.2, -0.15) is 0 Å². The van der Waals surface area contributed by atoms with Gasteiger partial charge < -0.3 is 9.32 Å². The van der Waals surface area contributed by atoms with Crippen molar-refractivity contribution in [1.29, 1.82) is 0 Å². The van der Waals surface area contributed by atoms with Gasteiger partial charge in [0.05, 0.1) is 10.2 Å². The fourth-order valence-electron chi connectivity index (χ4n) is 7.79. The Morgan fingerprint density at radius 1 is 0.426 bits per heavy atom. The first kappa shape index (κ1) is 31.0. The molecule has 0 aliphatic heterocycles. The third kappa shape index (κ3) is 5.12. The lowest BCUT2D eigenvalue weighted by atomic mass is 9.98. The van der Waals surface area contributed by atoms with Crippen molar-refractivity contribution in [3.05, 3.63) is 182 Å². The Kier molecular flexibility index (Phi) is 7.22. The van der Waals surface area contributed by atoms with E-state index < -0.39 is 0 Å². The molecule has 3 heterocycles. The molecule has 0 atom stereocenters. The van der Waals surface area contributed by atoms with Crippen LogP contribution in [0.25, 0.3) is 85.2 Å². The van der Waals surface area contributed by atoms with Crippen molar-refractivity contribution >= 4 is 92.1 Å². The first-order valence-corrected chi connectivity index (χ1v) is 19.7. The second-order valence-electron chi connectivity index (χ2n) is 13.5. The number of thiazole rings is 1. The van der Waals surface area contributed by atoms with Gasteiger partial charge in [0.2, 0.25) is 0 Å². The summed E-state index contributed by atoms with van der Waals surface area (Å²) in [5.74, 6) is 0. The van der Waals surface area contributed by atoms with E-state index in [1.807, 2.05) is 23.5 Å². The Morgan fingerprint density at radius 2 is 1.09 bits per heavy atom. The van der Waals surface area contributed by atoms with Crippen LogP contribution < -0.4 is 4.90 Å². The van der Waals surface area contributed by atoms with Gasteiger partial charge in [0.1, 0.15) is 16.2 Å². The molecule has 0 N–H and O–H groups in total. The highest BCUT2D eigenvalue weighted by molar-refractivity contribution is 7.28. The summed E-state index contributed by atoms with van der Waals surface area (Å²) in [6, 6.07) is 64.9. The molecule has 0 spiro atoms. The number of furan rings is 1. The predicted molar refractivity (Wildman–Crippen MR) is 231 cm³/mol. The zero-order valence-electron chi connectivity index (χ0n) is 28.9. The molecule has 254 valence electrons. The van der Waals surface area contributed by atoms with Crippen LogP contribution in [0.15, 0.2) is 186 Å². The lowest BCUT2D eigenvalue weighted by Crippen LogP contribution is -2.10. The summed E-state index contributed by atoms with van der Waals surface area (Å²) in [6.07, 6.45) is 0. The molecule has 0 saturated carbocycles. The number of aromatic nitrogens is 1. The third-order valence-electron chi connectivity index (χ3n) is 10.3. The third-order valence-corrected chi connectivity index (χ3v) is 12.6. The van der Waals surface area contributed by atoms with E-state index >= 15 is 0 Å². The van der Waals surface area contributed by atoms with E-state index in [9.17, 15) is 0 Å². The van der Waals surface area contributed by atoms with E-state index in [4.69, 9.17) is 9.40 Å². The van der Waals surface area contributed by atoms with Gasteiger partial charge in [0.25, 0.3) is 0 Å². The number of hydrogen-bond acceptors (Lipinski definition) is 5. The zero-order chi connectivity index (χ0) is 35.6. The maximum Gasteiger partial charge on any atom is 0.136 e. The minimum atomic E-state index is 0.895. The SMILES string of the molecule is c1ccc(-c2ccc(N(c3cccc(-c4cccc5oc6ccccc6c45)c3)c3ccc4sc5ccc6nc(-c7ccccc7)sc6c5c4c3)cc2)cc1. The standard InChI is InChI=1S/C49H30N2OS2/c1-3-11-31(12-4-1)32-21-23-35(24-22-32)51(36-16-9-15-34(29-36)38-18-10-20-43-46(38)39-17-7-8-19-42(39)52-43)37-25-27-44-40(30-37)47-45(53-44)28-26-41-48(47)54-49(50-41)33-13-5-2-6-14-33/h1-30H. The van der Waals surface area contributed by atoms with Crippen LogP contribution in [0, 0.1) is 0 Å². The van der Waals surface area contributed by atoms with E-state index in [-0.39, 0.29) is 0 Å². The molecule has 0 radical (unpaired) electrons. The molecule has 3 nitrogen and oxygen atoms in total. The first-order chi connectivity index (χ1) is 26.7. The molecule has 54 heavy (non-hydrogen) atoms. The average Bonchev–Trinajstić information content (AvgIpc) is 3.95. The van der Waals surface area contributed by atoms with Crippen LogP contribution in [0.3, 0.4) is 0 Å². The summed E-state index contributed by atoms with van der Waals surface area (Å²) >= 11 is 3.63. The van der Waals surface area contributed by atoms with Crippen LogP contribution in [0.1, 0.15) is 0 Å². The summed E-state index contributed by atoms with van der Waals surface area (Å²) < 4.78 is 10.1. The topological polar surface area (TPSA) is 29.3 Å². The van der Waals surface area contributed by atoms with Crippen molar-refractivity contribution in [3.8, 4) is 32.8 Å². The molecule has 11 rings (SSSR count). The summed E-state index contributed by atoms with van der Waals surface area (Å²) in [6.45, 7) is 0. The molecular formula is C49H30N2OS2. The van der Waals surface area contributed by atoms with Crippen molar-refractivity contribution in [3.63, 3.8) is 0 Å². The van der Waals surface area contributed by atoms with E-state index in [1.54, 1.807) is 11.3 Å². The molecule has 0 bridgehead atoms. The number of para-hydroxylation sites is 1. The number of nitrogens with zero attached hydrogens (tertiary/aromatic N) is 2. The maximum absolute atomic E-state index is 6.29. The van der Waals surface area contributed by atoms with Crippen LogP contribution in [0.4, 0.5) is 17.1 Å². The van der Waals surface area contributed by atoms with Crippen molar-refractivity contribution in [2.75, 3.05) is 4.90 Å². The molecule has 0 fully saturated rings. The Balaban J connectivity index is 1.10. The van der Waals surface area contributed by atoms with E-state index in [1.165, 1.54) is 36.0 Å². The minimum absolute atomic E-state index is 0.895. The summed E-state index contributed by atoms with van der Waals surface area (Å²) in [4.78, 5) is 7.47. The number of anilines is 3.